The zero-order valence-corrected chi connectivity index (χ0v) is 11.8. The Labute approximate surface area is 116 Å². The second-order valence-corrected chi connectivity index (χ2v) is 6.01. The molecule has 1 amide bonds. The number of carbonyl (C=O) groups is 1. The van der Waals surface area contributed by atoms with Gasteiger partial charge in [-0.3, -0.25) is 4.79 Å². The summed E-state index contributed by atoms with van der Waals surface area (Å²) in [5.41, 5.74) is 0. The first-order valence-corrected chi connectivity index (χ1v) is 7.87. The first kappa shape index (κ1) is 14.6. The zero-order valence-electron chi connectivity index (χ0n) is 11.8. The summed E-state index contributed by atoms with van der Waals surface area (Å²) in [5.74, 6) is 0.923. The van der Waals surface area contributed by atoms with Gasteiger partial charge in [-0.15, -0.1) is 0 Å². The molecule has 0 aliphatic heterocycles. The third kappa shape index (κ3) is 4.34. The summed E-state index contributed by atoms with van der Waals surface area (Å²) >= 11 is 0. The Bertz CT molecular complexity index is 308. The Kier molecular flexibility index (Phi) is 5.90. The lowest BCUT2D eigenvalue weighted by Crippen LogP contribution is -2.44. The van der Waals surface area contributed by atoms with Gasteiger partial charge in [0.2, 0.25) is 5.91 Å². The van der Waals surface area contributed by atoms with E-state index in [1.807, 2.05) is 0 Å². The van der Waals surface area contributed by atoms with Gasteiger partial charge in [-0.25, -0.2) is 0 Å². The van der Waals surface area contributed by atoms with Gasteiger partial charge in [0.05, 0.1) is 0 Å². The summed E-state index contributed by atoms with van der Waals surface area (Å²) in [7, 11) is 0. The predicted molar refractivity (Wildman–Crippen MR) is 76.7 cm³/mol. The largest absolute Gasteiger partial charge is 0.396 e. The van der Waals surface area contributed by atoms with Crippen LogP contribution in [0.4, 0.5) is 0 Å². The Morgan fingerprint density at radius 3 is 2.63 bits per heavy atom. The molecule has 3 heteroatoms. The minimum Gasteiger partial charge on any atom is -0.396 e. The molecule has 19 heavy (non-hydrogen) atoms. The highest BCUT2D eigenvalue weighted by Crippen LogP contribution is 2.28. The van der Waals surface area contributed by atoms with Crippen molar-refractivity contribution in [1.82, 2.24) is 5.32 Å². The van der Waals surface area contributed by atoms with Crippen molar-refractivity contribution >= 4 is 5.91 Å². The number of hydrogen-bond acceptors (Lipinski definition) is 2. The number of aliphatic hydroxyl groups is 1. The van der Waals surface area contributed by atoms with Crippen molar-refractivity contribution in [1.29, 1.82) is 0 Å². The van der Waals surface area contributed by atoms with Crippen LogP contribution in [0.5, 0.6) is 0 Å². The van der Waals surface area contributed by atoms with E-state index in [0.29, 0.717) is 12.3 Å². The van der Waals surface area contributed by atoms with Crippen molar-refractivity contribution in [2.45, 2.75) is 63.8 Å². The van der Waals surface area contributed by atoms with Crippen LogP contribution < -0.4 is 5.32 Å². The van der Waals surface area contributed by atoms with Gasteiger partial charge in [-0.2, -0.15) is 0 Å². The SMILES string of the molecule is O=C(NC(CCO)C1CCCCC1)C1CC=CCC1. The van der Waals surface area contributed by atoms with E-state index < -0.39 is 0 Å². The van der Waals surface area contributed by atoms with Gasteiger partial charge >= 0.3 is 0 Å². The Morgan fingerprint density at radius 1 is 1.21 bits per heavy atom. The van der Waals surface area contributed by atoms with Crippen LogP contribution in [0.3, 0.4) is 0 Å². The minimum absolute atomic E-state index is 0.148. The van der Waals surface area contributed by atoms with E-state index in [-0.39, 0.29) is 24.5 Å². The van der Waals surface area contributed by atoms with E-state index in [2.05, 4.69) is 17.5 Å². The molecule has 3 nitrogen and oxygen atoms in total. The van der Waals surface area contributed by atoms with Crippen molar-refractivity contribution < 1.29 is 9.90 Å². The average Bonchev–Trinajstić information content (AvgIpc) is 2.48. The van der Waals surface area contributed by atoms with Crippen molar-refractivity contribution in [2.75, 3.05) is 6.61 Å². The lowest BCUT2D eigenvalue weighted by molar-refractivity contribution is -0.126. The van der Waals surface area contributed by atoms with Crippen molar-refractivity contribution in [2.24, 2.45) is 11.8 Å². The van der Waals surface area contributed by atoms with E-state index >= 15 is 0 Å². The third-order valence-electron chi connectivity index (χ3n) is 4.63. The monoisotopic (exact) mass is 265 g/mol. The maximum atomic E-state index is 12.3. The first-order valence-electron chi connectivity index (χ1n) is 7.87. The van der Waals surface area contributed by atoms with Crippen LogP contribution >= 0.6 is 0 Å². The van der Waals surface area contributed by atoms with Gasteiger partial charge in [-0.05, 0) is 44.4 Å². The van der Waals surface area contributed by atoms with Crippen LogP contribution in [0.1, 0.15) is 57.8 Å². The highest BCUT2D eigenvalue weighted by Gasteiger charge is 2.27. The number of amides is 1. The topological polar surface area (TPSA) is 49.3 Å². The first-order chi connectivity index (χ1) is 9.31. The minimum atomic E-state index is 0.148. The van der Waals surface area contributed by atoms with Gasteiger partial charge < -0.3 is 10.4 Å². The highest BCUT2D eigenvalue weighted by molar-refractivity contribution is 5.79. The smallest absolute Gasteiger partial charge is 0.223 e. The molecule has 0 aromatic rings. The summed E-state index contributed by atoms with van der Waals surface area (Å²) in [5, 5.41) is 12.5. The molecule has 2 N–H and O–H groups in total. The summed E-state index contributed by atoms with van der Waals surface area (Å²) in [6, 6.07) is 0.184. The number of aliphatic hydroxyl groups excluding tert-OH is 1. The molecule has 0 spiro atoms. The van der Waals surface area contributed by atoms with Crippen molar-refractivity contribution in [3.8, 4) is 0 Å². The molecule has 0 aromatic heterocycles. The Hall–Kier alpha value is -0.830. The van der Waals surface area contributed by atoms with Crippen LogP contribution in [-0.2, 0) is 4.79 Å². The summed E-state index contributed by atoms with van der Waals surface area (Å²) in [4.78, 5) is 12.3. The third-order valence-corrected chi connectivity index (χ3v) is 4.63. The lowest BCUT2D eigenvalue weighted by atomic mass is 9.82. The highest BCUT2D eigenvalue weighted by atomic mass is 16.3. The number of nitrogens with one attached hydrogen (secondary N) is 1. The van der Waals surface area contributed by atoms with Crippen LogP contribution in [0.25, 0.3) is 0 Å². The van der Waals surface area contributed by atoms with Gasteiger partial charge in [0.15, 0.2) is 0 Å². The van der Waals surface area contributed by atoms with Crippen LogP contribution in [-0.4, -0.2) is 23.7 Å². The fraction of sp³-hybridized carbons (Fsp3) is 0.812. The molecule has 0 heterocycles. The molecule has 0 aromatic carbocycles. The van der Waals surface area contributed by atoms with Crippen molar-refractivity contribution in [3.63, 3.8) is 0 Å². The Morgan fingerprint density at radius 2 is 2.00 bits per heavy atom. The molecule has 108 valence electrons. The van der Waals surface area contributed by atoms with Crippen LogP contribution in [0.15, 0.2) is 12.2 Å². The van der Waals surface area contributed by atoms with Crippen LogP contribution in [0.2, 0.25) is 0 Å². The van der Waals surface area contributed by atoms with E-state index in [1.165, 1.54) is 32.1 Å². The van der Waals surface area contributed by atoms with Crippen molar-refractivity contribution in [3.05, 3.63) is 12.2 Å². The molecule has 2 unspecified atom stereocenters. The van der Waals surface area contributed by atoms with Gasteiger partial charge in [0.1, 0.15) is 0 Å². The molecular weight excluding hydrogens is 238 g/mol. The fourth-order valence-electron chi connectivity index (χ4n) is 3.43. The number of hydrogen-bond donors (Lipinski definition) is 2. The number of carbonyl (C=O) groups excluding carboxylic acids is 1. The number of rotatable bonds is 5. The number of allylic oxidation sites excluding steroid dienone is 2. The van der Waals surface area contributed by atoms with Crippen LogP contribution in [0, 0.1) is 11.8 Å². The quantitative estimate of drug-likeness (QED) is 0.751. The van der Waals surface area contributed by atoms with Gasteiger partial charge in [0.25, 0.3) is 0 Å². The fourth-order valence-corrected chi connectivity index (χ4v) is 3.43. The molecule has 2 atom stereocenters. The molecule has 1 fully saturated rings. The molecule has 1 saturated carbocycles. The Balaban J connectivity index is 1.87. The molecule has 0 bridgehead atoms. The summed E-state index contributed by atoms with van der Waals surface area (Å²) in [6.45, 7) is 0.173. The second-order valence-electron chi connectivity index (χ2n) is 6.01. The molecule has 2 aliphatic carbocycles. The van der Waals surface area contributed by atoms with E-state index in [9.17, 15) is 9.90 Å². The zero-order chi connectivity index (χ0) is 13.5. The second kappa shape index (κ2) is 7.68. The lowest BCUT2D eigenvalue weighted by Gasteiger charge is -2.32. The molecule has 0 radical (unpaired) electrons. The average molecular weight is 265 g/mol. The van der Waals surface area contributed by atoms with E-state index in [4.69, 9.17) is 0 Å². The molecular formula is C16H27NO2. The van der Waals surface area contributed by atoms with Gasteiger partial charge in [0, 0.05) is 18.6 Å². The van der Waals surface area contributed by atoms with Gasteiger partial charge in [-0.1, -0.05) is 31.4 Å². The molecule has 2 aliphatic rings. The summed E-state index contributed by atoms with van der Waals surface area (Å²) < 4.78 is 0. The molecule has 2 rings (SSSR count). The van der Waals surface area contributed by atoms with E-state index in [1.54, 1.807) is 0 Å². The van der Waals surface area contributed by atoms with E-state index in [0.717, 1.165) is 19.3 Å². The predicted octanol–water partition coefficient (Wildman–Crippen LogP) is 2.79. The summed E-state index contributed by atoms with van der Waals surface area (Å²) in [6.07, 6.45) is 14.1. The maximum absolute atomic E-state index is 12.3. The maximum Gasteiger partial charge on any atom is 0.223 e. The molecule has 0 saturated heterocycles. The normalized spacial score (nSPS) is 26.1. The standard InChI is InChI=1S/C16H27NO2/c18-12-11-15(13-7-3-1-4-8-13)17-16(19)14-9-5-2-6-10-14/h2,5,13-15,18H,1,3-4,6-12H2,(H,17,19).